The molecular weight excluding hydrogens is 367 g/mol. The number of unbranched alkanes of at least 4 members (excludes halogenated alkanes) is 3. The van der Waals surface area contributed by atoms with Gasteiger partial charge in [0.15, 0.2) is 0 Å². The van der Waals surface area contributed by atoms with Crippen molar-refractivity contribution in [1.29, 1.82) is 0 Å². The highest BCUT2D eigenvalue weighted by molar-refractivity contribution is 5.90. The molecule has 0 heterocycles. The number of amides is 1. The van der Waals surface area contributed by atoms with Crippen molar-refractivity contribution in [2.75, 3.05) is 5.32 Å². The van der Waals surface area contributed by atoms with Crippen LogP contribution in [0.25, 0.3) is 0 Å². The van der Waals surface area contributed by atoms with Gasteiger partial charge >= 0.3 is 6.18 Å². The first-order valence-electron chi connectivity index (χ1n) is 9.37. The zero-order valence-corrected chi connectivity index (χ0v) is 15.6. The maximum Gasteiger partial charge on any atom is 0.449 e. The van der Waals surface area contributed by atoms with Gasteiger partial charge < -0.3 is 5.32 Å². The molecule has 3 nitrogen and oxygen atoms in total. The van der Waals surface area contributed by atoms with Crippen LogP contribution in [0.1, 0.15) is 49.7 Å². The molecule has 2 aromatic rings. The van der Waals surface area contributed by atoms with Crippen LogP contribution in [-0.4, -0.2) is 17.9 Å². The Kier molecular flexibility index (Phi) is 8.23. The normalized spacial score (nSPS) is 11.2. The van der Waals surface area contributed by atoms with Crippen LogP contribution in [0.5, 0.6) is 0 Å². The third-order valence-electron chi connectivity index (χ3n) is 4.36. The molecule has 6 heteroatoms. The van der Waals surface area contributed by atoms with E-state index in [2.05, 4.69) is 17.4 Å². The minimum absolute atomic E-state index is 0.123. The molecule has 0 aromatic heterocycles. The minimum atomic E-state index is -4.74. The number of carbonyl (C=O) groups excluding carboxylic acids is 2. The van der Waals surface area contributed by atoms with Crippen LogP contribution in [-0.2, 0) is 16.0 Å². The fourth-order valence-corrected chi connectivity index (χ4v) is 2.83. The average Bonchev–Trinajstić information content (AvgIpc) is 2.66. The molecule has 0 unspecified atom stereocenters. The average molecular weight is 391 g/mol. The lowest BCUT2D eigenvalue weighted by molar-refractivity contribution is -0.171. The van der Waals surface area contributed by atoms with E-state index in [0.717, 1.165) is 17.7 Å². The number of nitrogens with one attached hydrogen (secondary N) is 1. The Hall–Kier alpha value is -2.63. The van der Waals surface area contributed by atoms with Crippen LogP contribution < -0.4 is 5.32 Å². The number of anilines is 1. The predicted octanol–water partition coefficient (Wildman–Crippen LogP) is 5.69. The number of Topliss-reactive ketones (excluding diaryl/α,β-unsaturated/α-hetero) is 1. The Morgan fingerprint density at radius 1 is 0.750 bits per heavy atom. The Morgan fingerprint density at radius 2 is 1.32 bits per heavy atom. The fraction of sp³-hybridized carbons (Fsp3) is 0.364. The van der Waals surface area contributed by atoms with Gasteiger partial charge in [-0.25, -0.2) is 0 Å². The van der Waals surface area contributed by atoms with Crippen LogP contribution in [0.3, 0.4) is 0 Å². The molecule has 0 saturated heterocycles. The zero-order valence-electron chi connectivity index (χ0n) is 15.6. The van der Waals surface area contributed by atoms with Crippen molar-refractivity contribution in [2.45, 2.75) is 51.1 Å². The molecule has 0 aliphatic heterocycles. The molecule has 1 N–H and O–H groups in total. The summed E-state index contributed by atoms with van der Waals surface area (Å²) in [5.41, 5.74) is 3.09. The number of benzene rings is 2. The molecule has 0 aliphatic rings. The van der Waals surface area contributed by atoms with E-state index in [1.54, 1.807) is 0 Å². The van der Waals surface area contributed by atoms with Crippen LogP contribution >= 0.6 is 0 Å². The number of hydrogen-bond donors (Lipinski definition) is 1. The summed E-state index contributed by atoms with van der Waals surface area (Å²) >= 11 is 0. The second-order valence-corrected chi connectivity index (χ2v) is 6.74. The van der Waals surface area contributed by atoms with Gasteiger partial charge in [-0.05, 0) is 42.5 Å². The fourth-order valence-electron chi connectivity index (χ4n) is 2.83. The van der Waals surface area contributed by atoms with Crippen molar-refractivity contribution in [1.82, 2.24) is 0 Å². The van der Waals surface area contributed by atoms with E-state index in [4.69, 9.17) is 0 Å². The molecular formula is C22H24F3NO2. The van der Waals surface area contributed by atoms with Crippen LogP contribution in [0, 0.1) is 0 Å². The summed E-state index contributed by atoms with van der Waals surface area (Å²) in [5, 5.41) is 2.82. The first-order chi connectivity index (χ1) is 13.3. The third-order valence-corrected chi connectivity index (χ3v) is 4.36. The van der Waals surface area contributed by atoms with Crippen molar-refractivity contribution in [2.24, 2.45) is 0 Å². The second-order valence-electron chi connectivity index (χ2n) is 6.74. The Balaban J connectivity index is 1.63. The number of carbonyl (C=O) groups is 2. The molecule has 2 aromatic carbocycles. The number of halogens is 3. The van der Waals surface area contributed by atoms with Gasteiger partial charge in [0.05, 0.1) is 0 Å². The van der Waals surface area contributed by atoms with Crippen LogP contribution in [0.4, 0.5) is 18.9 Å². The van der Waals surface area contributed by atoms with Gasteiger partial charge in [0.25, 0.3) is 0 Å². The van der Waals surface area contributed by atoms with Gasteiger partial charge in [-0.15, -0.1) is 0 Å². The van der Waals surface area contributed by atoms with E-state index in [0.29, 0.717) is 25.7 Å². The molecule has 0 fully saturated rings. The van der Waals surface area contributed by atoms with Crippen molar-refractivity contribution >= 4 is 17.4 Å². The summed E-state index contributed by atoms with van der Waals surface area (Å²) in [5.74, 6) is -1.80. The molecule has 1 amide bonds. The highest BCUT2D eigenvalue weighted by Crippen LogP contribution is 2.20. The van der Waals surface area contributed by atoms with Gasteiger partial charge in [0, 0.05) is 18.5 Å². The van der Waals surface area contributed by atoms with E-state index in [9.17, 15) is 22.8 Å². The lowest BCUT2D eigenvalue weighted by Crippen LogP contribution is -2.22. The number of alkyl halides is 3. The first-order valence-corrected chi connectivity index (χ1v) is 9.37. The lowest BCUT2D eigenvalue weighted by atomic mass is 10.0. The molecule has 28 heavy (non-hydrogen) atoms. The monoisotopic (exact) mass is 391 g/mol. The molecule has 0 bridgehead atoms. The van der Waals surface area contributed by atoms with Crippen molar-refractivity contribution in [3.63, 3.8) is 0 Å². The summed E-state index contributed by atoms with van der Waals surface area (Å²) in [6.45, 7) is 0. The molecule has 0 atom stereocenters. The standard InChI is InChI=1S/C22H24F3NO2/c23-22(24,25)20(27)10-6-1-2-7-11-21(28)26-19-14-12-18(13-15-19)16-17-8-4-3-5-9-17/h3-5,8-9,12-15H,1-2,6-7,10-11,16H2,(H,26,28). The second kappa shape index (κ2) is 10.6. The van der Waals surface area contributed by atoms with E-state index >= 15 is 0 Å². The van der Waals surface area contributed by atoms with Gasteiger partial charge in [-0.1, -0.05) is 55.3 Å². The predicted molar refractivity (Wildman–Crippen MR) is 103 cm³/mol. The summed E-state index contributed by atoms with van der Waals surface area (Å²) in [4.78, 5) is 22.7. The van der Waals surface area contributed by atoms with E-state index in [1.165, 1.54) is 5.56 Å². The van der Waals surface area contributed by atoms with E-state index in [-0.39, 0.29) is 12.3 Å². The Morgan fingerprint density at radius 3 is 1.93 bits per heavy atom. The van der Waals surface area contributed by atoms with Crippen LogP contribution in [0.15, 0.2) is 54.6 Å². The zero-order chi connectivity index (χ0) is 20.4. The summed E-state index contributed by atoms with van der Waals surface area (Å²) < 4.78 is 36.2. The van der Waals surface area contributed by atoms with Crippen molar-refractivity contribution in [3.05, 3.63) is 65.7 Å². The number of ketones is 1. The summed E-state index contributed by atoms with van der Waals surface area (Å²) in [6, 6.07) is 17.8. The van der Waals surface area contributed by atoms with Gasteiger partial charge in [-0.2, -0.15) is 13.2 Å². The maximum atomic E-state index is 12.1. The third kappa shape index (κ3) is 7.94. The molecule has 0 radical (unpaired) electrons. The SMILES string of the molecule is O=C(CCCCCCC(=O)C(F)(F)F)Nc1ccc(Cc2ccccc2)cc1. The van der Waals surface area contributed by atoms with E-state index in [1.807, 2.05) is 42.5 Å². The largest absolute Gasteiger partial charge is 0.449 e. The number of rotatable bonds is 10. The van der Waals surface area contributed by atoms with Crippen molar-refractivity contribution < 1.29 is 22.8 Å². The van der Waals surface area contributed by atoms with E-state index < -0.39 is 18.4 Å². The topological polar surface area (TPSA) is 46.2 Å². The lowest BCUT2D eigenvalue weighted by Gasteiger charge is -2.07. The highest BCUT2D eigenvalue weighted by Gasteiger charge is 2.36. The first kappa shape index (κ1) is 21.7. The quantitative estimate of drug-likeness (QED) is 0.529. The smallest absolute Gasteiger partial charge is 0.326 e. The molecule has 0 spiro atoms. The minimum Gasteiger partial charge on any atom is -0.326 e. The van der Waals surface area contributed by atoms with Gasteiger partial charge in [0.1, 0.15) is 0 Å². The molecule has 0 saturated carbocycles. The maximum absolute atomic E-state index is 12.1. The van der Waals surface area contributed by atoms with Crippen molar-refractivity contribution in [3.8, 4) is 0 Å². The highest BCUT2D eigenvalue weighted by atomic mass is 19.4. The van der Waals surface area contributed by atoms with Gasteiger partial charge in [-0.3, -0.25) is 9.59 Å². The van der Waals surface area contributed by atoms with Crippen LogP contribution in [0.2, 0.25) is 0 Å². The molecule has 150 valence electrons. The molecule has 2 rings (SSSR count). The Labute approximate surface area is 163 Å². The molecule has 0 aliphatic carbocycles. The Bertz CT molecular complexity index is 756. The van der Waals surface area contributed by atoms with Gasteiger partial charge in [0.2, 0.25) is 11.7 Å². The summed E-state index contributed by atoms with van der Waals surface area (Å²) in [6.07, 6.45) is -2.19. The summed E-state index contributed by atoms with van der Waals surface area (Å²) in [7, 11) is 0. The number of hydrogen-bond acceptors (Lipinski definition) is 2.